The van der Waals surface area contributed by atoms with E-state index in [1.807, 2.05) is 6.92 Å². The van der Waals surface area contributed by atoms with Gasteiger partial charge in [0.15, 0.2) is 0 Å². The van der Waals surface area contributed by atoms with Crippen LogP contribution in [0.1, 0.15) is 64.8 Å². The Morgan fingerprint density at radius 3 is 2.17 bits per heavy atom. The zero-order valence-corrected chi connectivity index (χ0v) is 18.5. The van der Waals surface area contributed by atoms with E-state index < -0.39 is 37.1 Å². The average Bonchev–Trinajstić information content (AvgIpc) is 2.69. The number of rotatable bonds is 5. The molecular weight excluding hydrogens is 380 g/mol. The van der Waals surface area contributed by atoms with Crippen molar-refractivity contribution in [2.24, 2.45) is 0 Å². The maximum atomic E-state index is 10.6. The Balaban J connectivity index is 2.04. The van der Waals surface area contributed by atoms with Crippen molar-refractivity contribution < 1.29 is 25.2 Å². The zero-order valence-electron chi connectivity index (χ0n) is 18.5. The third-order valence-corrected chi connectivity index (χ3v) is 6.23. The predicted octanol–water partition coefficient (Wildman–Crippen LogP) is 2.84. The van der Waals surface area contributed by atoms with Crippen LogP contribution in [0.3, 0.4) is 0 Å². The van der Waals surface area contributed by atoms with Crippen LogP contribution in [0.5, 0.6) is 0 Å². The molecule has 2 aromatic carbocycles. The van der Waals surface area contributed by atoms with Crippen molar-refractivity contribution in [1.82, 2.24) is 0 Å². The highest BCUT2D eigenvalue weighted by Crippen LogP contribution is 2.37. The minimum atomic E-state index is -1.38. The van der Waals surface area contributed by atoms with Crippen LogP contribution in [-0.4, -0.2) is 51.4 Å². The fraction of sp³-hybridized carbons (Fsp3) is 0.520. The molecule has 0 saturated carbocycles. The Hall–Kier alpha value is -1.76. The van der Waals surface area contributed by atoms with Gasteiger partial charge in [-0.2, -0.15) is 0 Å². The molecule has 0 radical (unpaired) electrons. The van der Waals surface area contributed by atoms with Gasteiger partial charge in [0.25, 0.3) is 0 Å². The number of aryl methyl sites for hydroxylation is 3. The summed E-state index contributed by atoms with van der Waals surface area (Å²) in [4.78, 5) is 0. The second-order valence-corrected chi connectivity index (χ2v) is 8.92. The van der Waals surface area contributed by atoms with Gasteiger partial charge in [0.05, 0.1) is 6.61 Å². The molecule has 1 heterocycles. The van der Waals surface area contributed by atoms with Gasteiger partial charge < -0.3 is 25.2 Å². The molecule has 5 heteroatoms. The molecule has 0 bridgehead atoms. The number of hydrogen-bond donors (Lipinski definition) is 4. The van der Waals surface area contributed by atoms with E-state index in [0.717, 1.165) is 23.1 Å². The number of aliphatic hydroxyl groups is 4. The van der Waals surface area contributed by atoms with Crippen LogP contribution in [0.25, 0.3) is 0 Å². The molecule has 3 rings (SSSR count). The van der Waals surface area contributed by atoms with E-state index in [0.29, 0.717) is 5.92 Å². The highest BCUT2D eigenvalue weighted by Gasteiger charge is 2.44. The standard InChI is InChI=1S/C25H34O5/c1-13(2)19-9-16(5)20(25-24(29)23(28)22(27)21(12-26)30-25)11-18(19)10-17-7-6-14(3)8-15(17)4/h6-9,11,13,21-29H,10,12H2,1-5H3/t21-,22-,23+,24-,25+/m1/s1. The molecule has 0 aromatic heterocycles. The van der Waals surface area contributed by atoms with Crippen LogP contribution in [0.15, 0.2) is 30.3 Å². The van der Waals surface area contributed by atoms with Gasteiger partial charge in [-0.15, -0.1) is 0 Å². The predicted molar refractivity (Wildman–Crippen MR) is 117 cm³/mol. The summed E-state index contributed by atoms with van der Waals surface area (Å²) in [5.74, 6) is 0.327. The molecule has 1 saturated heterocycles. The minimum absolute atomic E-state index is 0.327. The van der Waals surface area contributed by atoms with Crippen molar-refractivity contribution in [2.75, 3.05) is 6.61 Å². The summed E-state index contributed by atoms with van der Waals surface area (Å²) in [6, 6.07) is 10.6. The van der Waals surface area contributed by atoms with Crippen LogP contribution in [0.2, 0.25) is 0 Å². The smallest absolute Gasteiger partial charge is 0.113 e. The fourth-order valence-corrected chi connectivity index (χ4v) is 4.40. The van der Waals surface area contributed by atoms with Crippen molar-refractivity contribution in [3.63, 3.8) is 0 Å². The third kappa shape index (κ3) is 4.46. The first-order chi connectivity index (χ1) is 14.1. The molecule has 0 amide bonds. The van der Waals surface area contributed by atoms with Crippen LogP contribution < -0.4 is 0 Å². The molecule has 5 nitrogen and oxygen atoms in total. The van der Waals surface area contributed by atoms with Gasteiger partial charge in [-0.1, -0.05) is 49.7 Å². The van der Waals surface area contributed by atoms with Gasteiger partial charge in [-0.25, -0.2) is 0 Å². The minimum Gasteiger partial charge on any atom is -0.394 e. The Labute approximate surface area is 179 Å². The van der Waals surface area contributed by atoms with E-state index in [4.69, 9.17) is 4.74 Å². The normalized spacial score (nSPS) is 26.9. The third-order valence-electron chi connectivity index (χ3n) is 6.23. The number of benzene rings is 2. The van der Waals surface area contributed by atoms with Gasteiger partial charge in [-0.05, 0) is 66.5 Å². The summed E-state index contributed by atoms with van der Waals surface area (Å²) in [6.07, 6.45) is -5.00. The van der Waals surface area contributed by atoms with Crippen molar-refractivity contribution in [3.05, 3.63) is 69.3 Å². The first-order valence-corrected chi connectivity index (χ1v) is 10.6. The van der Waals surface area contributed by atoms with Crippen molar-refractivity contribution >= 4 is 0 Å². The summed E-state index contributed by atoms with van der Waals surface area (Å²) in [5.41, 5.74) is 7.82. The summed E-state index contributed by atoms with van der Waals surface area (Å²) in [7, 11) is 0. The fourth-order valence-electron chi connectivity index (χ4n) is 4.40. The number of hydrogen-bond acceptors (Lipinski definition) is 5. The molecule has 0 aliphatic carbocycles. The SMILES string of the molecule is Cc1ccc(Cc2cc([C@@H]3O[C@H](CO)[C@@H](O)[C@H](O)[C@H]3O)c(C)cc2C(C)C)c(C)c1. The second kappa shape index (κ2) is 9.16. The zero-order chi connectivity index (χ0) is 22.2. The number of aliphatic hydroxyl groups excluding tert-OH is 4. The lowest BCUT2D eigenvalue weighted by atomic mass is 9.84. The summed E-state index contributed by atoms with van der Waals surface area (Å²) >= 11 is 0. The maximum Gasteiger partial charge on any atom is 0.113 e. The molecule has 0 unspecified atom stereocenters. The molecule has 164 valence electrons. The van der Waals surface area contributed by atoms with Crippen LogP contribution >= 0.6 is 0 Å². The largest absolute Gasteiger partial charge is 0.394 e. The van der Waals surface area contributed by atoms with Crippen molar-refractivity contribution in [2.45, 2.75) is 77.5 Å². The summed E-state index contributed by atoms with van der Waals surface area (Å²) in [6.45, 7) is 10.1. The van der Waals surface area contributed by atoms with Gasteiger partial charge in [-0.3, -0.25) is 0 Å². The first kappa shape index (κ1) is 22.9. The number of ether oxygens (including phenoxy) is 1. The lowest BCUT2D eigenvalue weighted by molar-refractivity contribution is -0.231. The molecule has 4 N–H and O–H groups in total. The Kier molecular flexibility index (Phi) is 7.00. The van der Waals surface area contributed by atoms with E-state index in [1.165, 1.54) is 22.3 Å². The molecule has 1 aliphatic rings. The first-order valence-electron chi connectivity index (χ1n) is 10.6. The lowest BCUT2D eigenvalue weighted by Crippen LogP contribution is -2.55. The molecule has 1 fully saturated rings. The van der Waals surface area contributed by atoms with Crippen LogP contribution in [0.4, 0.5) is 0 Å². The highest BCUT2D eigenvalue weighted by atomic mass is 16.5. The summed E-state index contributed by atoms with van der Waals surface area (Å²) < 4.78 is 5.83. The quantitative estimate of drug-likeness (QED) is 0.604. The van der Waals surface area contributed by atoms with E-state index in [2.05, 4.69) is 58.0 Å². The lowest BCUT2D eigenvalue weighted by Gasteiger charge is -2.41. The van der Waals surface area contributed by atoms with Gasteiger partial charge in [0.1, 0.15) is 30.5 Å². The van der Waals surface area contributed by atoms with E-state index in [-0.39, 0.29) is 0 Å². The molecule has 1 aliphatic heterocycles. The van der Waals surface area contributed by atoms with Crippen LogP contribution in [0, 0.1) is 20.8 Å². The Bertz CT molecular complexity index is 889. The van der Waals surface area contributed by atoms with Crippen molar-refractivity contribution in [3.8, 4) is 0 Å². The maximum absolute atomic E-state index is 10.6. The van der Waals surface area contributed by atoms with E-state index in [1.54, 1.807) is 0 Å². The molecule has 2 aromatic rings. The topological polar surface area (TPSA) is 90.2 Å². The molecular formula is C25H34O5. The Morgan fingerprint density at radius 1 is 0.867 bits per heavy atom. The van der Waals surface area contributed by atoms with E-state index >= 15 is 0 Å². The highest BCUT2D eigenvalue weighted by molar-refractivity contribution is 5.45. The van der Waals surface area contributed by atoms with Crippen LogP contribution in [-0.2, 0) is 11.2 Å². The molecule has 0 spiro atoms. The van der Waals surface area contributed by atoms with Gasteiger partial charge in [0.2, 0.25) is 0 Å². The van der Waals surface area contributed by atoms with Crippen molar-refractivity contribution in [1.29, 1.82) is 0 Å². The molecule has 30 heavy (non-hydrogen) atoms. The van der Waals surface area contributed by atoms with Gasteiger partial charge in [0, 0.05) is 0 Å². The monoisotopic (exact) mass is 414 g/mol. The Morgan fingerprint density at radius 2 is 1.57 bits per heavy atom. The van der Waals surface area contributed by atoms with Gasteiger partial charge >= 0.3 is 0 Å². The molecule has 5 atom stereocenters. The average molecular weight is 415 g/mol. The second-order valence-electron chi connectivity index (χ2n) is 8.92. The van der Waals surface area contributed by atoms with E-state index in [9.17, 15) is 20.4 Å². The summed E-state index contributed by atoms with van der Waals surface area (Å²) in [5, 5.41) is 40.5.